The number of rotatable bonds is 3. The fraction of sp³-hybridized carbons (Fsp3) is 0.278. The second-order valence-electron chi connectivity index (χ2n) is 5.94. The fourth-order valence-corrected chi connectivity index (χ4v) is 4.45. The molecule has 3 nitrogen and oxygen atoms in total. The standard InChI is InChI=1S/C18H18ClN3S/c19-14-5-1-3-7-16(14)22-11-9-21(10-12-22)13-18-20-15-6-2-4-8-17(15)23-18/h1-8H,9-13H2/p+1. The van der Waals surface area contributed by atoms with Crippen LogP contribution in [0.15, 0.2) is 48.5 Å². The number of piperazine rings is 1. The van der Waals surface area contributed by atoms with Gasteiger partial charge in [0.25, 0.3) is 0 Å². The molecule has 1 aromatic heterocycles. The van der Waals surface area contributed by atoms with Crippen molar-refractivity contribution >= 4 is 38.8 Å². The van der Waals surface area contributed by atoms with Gasteiger partial charge < -0.3 is 9.80 Å². The van der Waals surface area contributed by atoms with Crippen molar-refractivity contribution < 1.29 is 4.90 Å². The highest BCUT2D eigenvalue weighted by Crippen LogP contribution is 2.25. The number of hydrogen-bond donors (Lipinski definition) is 1. The molecule has 118 valence electrons. The first kappa shape index (κ1) is 14.9. The van der Waals surface area contributed by atoms with Gasteiger partial charge in [-0.1, -0.05) is 35.9 Å². The third kappa shape index (κ3) is 3.20. The number of thiazole rings is 1. The minimum absolute atomic E-state index is 0.849. The van der Waals surface area contributed by atoms with E-state index in [1.807, 2.05) is 23.5 Å². The molecule has 2 aromatic carbocycles. The van der Waals surface area contributed by atoms with Crippen LogP contribution in [0.1, 0.15) is 5.01 Å². The maximum absolute atomic E-state index is 6.31. The Morgan fingerprint density at radius 3 is 2.57 bits per heavy atom. The van der Waals surface area contributed by atoms with Crippen LogP contribution < -0.4 is 9.80 Å². The molecule has 3 aromatic rings. The molecular weight excluding hydrogens is 326 g/mol. The molecule has 1 aliphatic rings. The molecule has 1 saturated heterocycles. The average molecular weight is 345 g/mol. The monoisotopic (exact) mass is 344 g/mol. The molecule has 0 bridgehead atoms. The van der Waals surface area contributed by atoms with E-state index in [-0.39, 0.29) is 0 Å². The summed E-state index contributed by atoms with van der Waals surface area (Å²) >= 11 is 8.14. The smallest absolute Gasteiger partial charge is 0.148 e. The molecule has 1 N–H and O–H groups in total. The lowest BCUT2D eigenvalue weighted by Gasteiger charge is -2.33. The summed E-state index contributed by atoms with van der Waals surface area (Å²) in [7, 11) is 0. The number of fused-ring (bicyclic) bond motifs is 1. The quantitative estimate of drug-likeness (QED) is 0.788. The average Bonchev–Trinajstić information content (AvgIpc) is 2.98. The summed E-state index contributed by atoms with van der Waals surface area (Å²) in [4.78, 5) is 8.76. The van der Waals surface area contributed by atoms with Crippen LogP contribution in [0.2, 0.25) is 5.02 Å². The van der Waals surface area contributed by atoms with E-state index in [0.29, 0.717) is 0 Å². The van der Waals surface area contributed by atoms with Gasteiger partial charge in [-0.25, -0.2) is 4.98 Å². The summed E-state index contributed by atoms with van der Waals surface area (Å²) in [5.41, 5.74) is 2.29. The van der Waals surface area contributed by atoms with Gasteiger partial charge in [0.15, 0.2) is 0 Å². The van der Waals surface area contributed by atoms with Crippen LogP contribution in [0, 0.1) is 0 Å². The molecule has 0 unspecified atom stereocenters. The number of nitrogens with one attached hydrogen (secondary N) is 1. The summed E-state index contributed by atoms with van der Waals surface area (Å²) in [5, 5.41) is 2.09. The molecule has 1 aliphatic heterocycles. The van der Waals surface area contributed by atoms with Crippen molar-refractivity contribution in [3.8, 4) is 0 Å². The lowest BCUT2D eigenvalue weighted by Crippen LogP contribution is -3.13. The van der Waals surface area contributed by atoms with Gasteiger partial charge >= 0.3 is 0 Å². The first-order valence-electron chi connectivity index (χ1n) is 7.97. The van der Waals surface area contributed by atoms with E-state index >= 15 is 0 Å². The zero-order valence-corrected chi connectivity index (χ0v) is 14.4. The van der Waals surface area contributed by atoms with Crippen molar-refractivity contribution in [2.24, 2.45) is 0 Å². The molecular formula is C18H19ClN3S+. The Kier molecular flexibility index (Phi) is 4.21. The van der Waals surface area contributed by atoms with E-state index in [1.54, 1.807) is 4.90 Å². The van der Waals surface area contributed by atoms with Crippen molar-refractivity contribution in [1.82, 2.24) is 4.98 Å². The number of quaternary nitrogens is 1. The number of anilines is 1. The van der Waals surface area contributed by atoms with Gasteiger partial charge in [0.1, 0.15) is 11.6 Å². The Balaban J connectivity index is 1.41. The Labute approximate surface area is 145 Å². The molecule has 0 atom stereocenters. The van der Waals surface area contributed by atoms with Gasteiger partial charge in [-0.3, -0.25) is 0 Å². The van der Waals surface area contributed by atoms with E-state index in [9.17, 15) is 0 Å². The zero-order chi connectivity index (χ0) is 15.6. The summed E-state index contributed by atoms with van der Waals surface area (Å²) in [6, 6.07) is 16.5. The van der Waals surface area contributed by atoms with Crippen LogP contribution in [-0.4, -0.2) is 31.2 Å². The van der Waals surface area contributed by atoms with E-state index in [0.717, 1.165) is 49.0 Å². The van der Waals surface area contributed by atoms with Gasteiger partial charge in [0, 0.05) is 0 Å². The Hall–Kier alpha value is -1.62. The van der Waals surface area contributed by atoms with Crippen LogP contribution in [0.3, 0.4) is 0 Å². The minimum Gasteiger partial charge on any atom is -0.359 e. The minimum atomic E-state index is 0.849. The van der Waals surface area contributed by atoms with Gasteiger partial charge in [-0.15, -0.1) is 11.3 Å². The number of halogens is 1. The number of hydrogen-bond acceptors (Lipinski definition) is 3. The fourth-order valence-electron chi connectivity index (χ4n) is 3.16. The normalized spacial score (nSPS) is 16.1. The molecule has 0 aliphatic carbocycles. The predicted molar refractivity (Wildman–Crippen MR) is 97.7 cm³/mol. The highest BCUT2D eigenvalue weighted by Gasteiger charge is 2.22. The van der Waals surface area contributed by atoms with Gasteiger partial charge in [0.2, 0.25) is 0 Å². The van der Waals surface area contributed by atoms with E-state index in [2.05, 4.69) is 41.3 Å². The zero-order valence-electron chi connectivity index (χ0n) is 12.8. The van der Waals surface area contributed by atoms with Crippen LogP contribution in [0.25, 0.3) is 10.2 Å². The first-order chi connectivity index (χ1) is 11.3. The molecule has 0 spiro atoms. The lowest BCUT2D eigenvalue weighted by atomic mass is 10.2. The molecule has 1 fully saturated rings. The van der Waals surface area contributed by atoms with Crippen LogP contribution in [0.4, 0.5) is 5.69 Å². The SMILES string of the molecule is Clc1ccccc1N1CC[NH+](Cc2nc3ccccc3s2)CC1. The molecule has 23 heavy (non-hydrogen) atoms. The molecule has 0 radical (unpaired) electrons. The third-order valence-corrected chi connectivity index (χ3v) is 5.76. The Bertz CT molecular complexity index is 776. The number of aromatic nitrogens is 1. The molecule has 0 amide bonds. The van der Waals surface area contributed by atoms with Crippen LogP contribution in [0.5, 0.6) is 0 Å². The summed E-state index contributed by atoms with van der Waals surface area (Å²) in [6.45, 7) is 5.37. The second kappa shape index (κ2) is 6.48. The molecule has 5 heteroatoms. The Morgan fingerprint density at radius 2 is 1.78 bits per heavy atom. The van der Waals surface area contributed by atoms with Crippen molar-refractivity contribution in [1.29, 1.82) is 0 Å². The van der Waals surface area contributed by atoms with Crippen molar-refractivity contribution in [3.63, 3.8) is 0 Å². The number of para-hydroxylation sites is 2. The maximum Gasteiger partial charge on any atom is 0.148 e. The maximum atomic E-state index is 6.31. The summed E-state index contributed by atoms with van der Waals surface area (Å²) in [6.07, 6.45) is 0. The summed E-state index contributed by atoms with van der Waals surface area (Å²) < 4.78 is 1.29. The highest BCUT2D eigenvalue weighted by molar-refractivity contribution is 7.18. The predicted octanol–water partition coefficient (Wildman–Crippen LogP) is 2.85. The van der Waals surface area contributed by atoms with Crippen molar-refractivity contribution in [3.05, 3.63) is 58.6 Å². The van der Waals surface area contributed by atoms with E-state index in [4.69, 9.17) is 16.6 Å². The van der Waals surface area contributed by atoms with E-state index in [1.165, 1.54) is 9.71 Å². The number of benzene rings is 2. The lowest BCUT2D eigenvalue weighted by molar-refractivity contribution is -0.914. The van der Waals surface area contributed by atoms with Gasteiger partial charge in [-0.2, -0.15) is 0 Å². The van der Waals surface area contributed by atoms with Gasteiger partial charge in [-0.05, 0) is 24.3 Å². The Morgan fingerprint density at radius 1 is 1.04 bits per heavy atom. The first-order valence-corrected chi connectivity index (χ1v) is 9.16. The highest BCUT2D eigenvalue weighted by atomic mass is 35.5. The largest absolute Gasteiger partial charge is 0.359 e. The van der Waals surface area contributed by atoms with E-state index < -0.39 is 0 Å². The number of nitrogens with zero attached hydrogens (tertiary/aromatic N) is 2. The molecule has 2 heterocycles. The molecule has 4 rings (SSSR count). The third-order valence-electron chi connectivity index (χ3n) is 4.40. The van der Waals surface area contributed by atoms with Crippen LogP contribution in [-0.2, 0) is 6.54 Å². The van der Waals surface area contributed by atoms with Crippen molar-refractivity contribution in [2.75, 3.05) is 31.1 Å². The van der Waals surface area contributed by atoms with Crippen molar-refractivity contribution in [2.45, 2.75) is 6.54 Å². The molecule has 0 saturated carbocycles. The summed E-state index contributed by atoms with van der Waals surface area (Å²) in [5.74, 6) is 0. The van der Waals surface area contributed by atoms with Crippen LogP contribution >= 0.6 is 22.9 Å². The van der Waals surface area contributed by atoms with Gasteiger partial charge in [0.05, 0.1) is 47.1 Å². The topological polar surface area (TPSA) is 20.6 Å². The second-order valence-corrected chi connectivity index (χ2v) is 7.46.